The van der Waals surface area contributed by atoms with Crippen LogP contribution in [0.1, 0.15) is 43.9 Å². The monoisotopic (exact) mass is 532 g/mol. The van der Waals surface area contributed by atoms with Crippen molar-refractivity contribution in [1.29, 1.82) is 0 Å². The van der Waals surface area contributed by atoms with Crippen molar-refractivity contribution in [2.75, 3.05) is 12.5 Å². The number of benzene rings is 2. The average molecular weight is 533 g/mol. The van der Waals surface area contributed by atoms with Gasteiger partial charge >= 0.3 is 0 Å². The number of phenolic OH excluding ortho intramolecular Hbond substituents is 1. The molecule has 2 aromatic rings. The summed E-state index contributed by atoms with van der Waals surface area (Å²) in [5, 5.41) is 11.7. The number of hydrogen-bond donors (Lipinski definition) is 2. The minimum Gasteiger partial charge on any atom is -0.505 e. The van der Waals surface area contributed by atoms with E-state index < -0.39 is 15.7 Å². The SMILES string of the molecule is C=C(/C=C(\N=CC)C(C)=O)C(=O)NCc1ccc(C)cc1.CCCc1ccc(F)c(O)c1.CS(C)(=O)=O. The van der Waals surface area contributed by atoms with Gasteiger partial charge in [0.05, 0.1) is 0 Å². The van der Waals surface area contributed by atoms with E-state index in [1.807, 2.05) is 38.1 Å². The zero-order valence-electron chi connectivity index (χ0n) is 22.3. The summed E-state index contributed by atoms with van der Waals surface area (Å²) in [6.07, 6.45) is 7.11. The molecular weight excluding hydrogens is 495 g/mol. The molecular formula is C28H37FN2O5S. The van der Waals surface area contributed by atoms with Crippen LogP contribution in [-0.2, 0) is 32.4 Å². The summed E-state index contributed by atoms with van der Waals surface area (Å²) in [6.45, 7) is 11.2. The van der Waals surface area contributed by atoms with Crippen LogP contribution in [0.3, 0.4) is 0 Å². The summed E-state index contributed by atoms with van der Waals surface area (Å²) in [5.74, 6) is -1.33. The fourth-order valence-electron chi connectivity index (χ4n) is 2.60. The number of sulfone groups is 1. The van der Waals surface area contributed by atoms with Gasteiger partial charge in [-0.1, -0.05) is 55.8 Å². The van der Waals surface area contributed by atoms with Crippen LogP contribution < -0.4 is 5.32 Å². The van der Waals surface area contributed by atoms with Crippen LogP contribution in [0.15, 0.2) is 71.4 Å². The molecule has 0 heterocycles. The number of nitrogens with zero attached hydrogens (tertiary/aromatic N) is 1. The quantitative estimate of drug-likeness (QED) is 0.286. The number of nitrogens with one attached hydrogen (secondary N) is 1. The maximum Gasteiger partial charge on any atom is 0.251 e. The molecule has 0 aliphatic heterocycles. The van der Waals surface area contributed by atoms with Gasteiger partial charge in [-0.2, -0.15) is 0 Å². The highest BCUT2D eigenvalue weighted by Crippen LogP contribution is 2.17. The number of aliphatic imine (C=N–C) groups is 1. The molecule has 0 aliphatic rings. The van der Waals surface area contributed by atoms with Gasteiger partial charge in [-0.15, -0.1) is 0 Å². The number of amides is 1. The summed E-state index contributed by atoms with van der Waals surface area (Å²) in [4.78, 5) is 27.2. The minimum absolute atomic E-state index is 0.206. The molecule has 0 atom stereocenters. The van der Waals surface area contributed by atoms with Gasteiger partial charge in [0, 0.05) is 37.8 Å². The molecule has 2 N–H and O–H groups in total. The lowest BCUT2D eigenvalue weighted by Crippen LogP contribution is -2.23. The van der Waals surface area contributed by atoms with Crippen molar-refractivity contribution < 1.29 is 27.5 Å². The van der Waals surface area contributed by atoms with Gasteiger partial charge in [-0.3, -0.25) is 14.6 Å². The van der Waals surface area contributed by atoms with E-state index in [1.54, 1.807) is 13.0 Å². The number of phenols is 1. The average Bonchev–Trinajstić information content (AvgIpc) is 2.80. The molecule has 9 heteroatoms. The van der Waals surface area contributed by atoms with Gasteiger partial charge in [-0.05, 0) is 49.6 Å². The maximum absolute atomic E-state index is 12.5. The Labute approximate surface area is 219 Å². The lowest BCUT2D eigenvalue weighted by molar-refractivity contribution is -0.117. The Morgan fingerprint density at radius 2 is 1.65 bits per heavy atom. The smallest absolute Gasteiger partial charge is 0.251 e. The number of aryl methyl sites for hydroxylation is 2. The van der Waals surface area contributed by atoms with E-state index >= 15 is 0 Å². The van der Waals surface area contributed by atoms with Gasteiger partial charge < -0.3 is 10.4 Å². The maximum atomic E-state index is 12.5. The number of Topliss-reactive ketones (excluding diaryl/α,β-unsaturated/α-hetero) is 1. The lowest BCUT2D eigenvalue weighted by atomic mass is 10.1. The fourth-order valence-corrected chi connectivity index (χ4v) is 2.60. The van der Waals surface area contributed by atoms with Crippen LogP contribution in [0.5, 0.6) is 5.75 Å². The molecule has 2 aromatic carbocycles. The van der Waals surface area contributed by atoms with Crippen LogP contribution in [0.25, 0.3) is 0 Å². The Kier molecular flexibility index (Phi) is 15.3. The summed E-state index contributed by atoms with van der Waals surface area (Å²) < 4.78 is 31.8. The van der Waals surface area contributed by atoms with Crippen molar-refractivity contribution in [3.8, 4) is 5.75 Å². The normalized spacial score (nSPS) is 11.1. The number of carbonyl (C=O) groups is 2. The molecule has 7 nitrogen and oxygen atoms in total. The Morgan fingerprint density at radius 3 is 2.11 bits per heavy atom. The first-order valence-electron chi connectivity index (χ1n) is 11.5. The van der Waals surface area contributed by atoms with Crippen LogP contribution in [0, 0.1) is 12.7 Å². The molecule has 202 valence electrons. The molecule has 0 saturated carbocycles. The fraction of sp³-hybridized carbons (Fsp3) is 0.321. The van der Waals surface area contributed by atoms with E-state index in [2.05, 4.69) is 16.9 Å². The first-order valence-corrected chi connectivity index (χ1v) is 13.8. The van der Waals surface area contributed by atoms with E-state index in [1.165, 1.54) is 36.9 Å². The molecule has 0 aromatic heterocycles. The molecule has 0 spiro atoms. The third kappa shape index (κ3) is 16.7. The van der Waals surface area contributed by atoms with Crippen LogP contribution in [0.4, 0.5) is 4.39 Å². The summed E-state index contributed by atoms with van der Waals surface area (Å²) >= 11 is 0. The van der Waals surface area contributed by atoms with Gasteiger partial charge in [-0.25, -0.2) is 12.8 Å². The molecule has 0 unspecified atom stereocenters. The van der Waals surface area contributed by atoms with Gasteiger partial charge in [0.25, 0.3) is 5.91 Å². The summed E-state index contributed by atoms with van der Waals surface area (Å²) in [5.41, 5.74) is 3.57. The third-order valence-electron chi connectivity index (χ3n) is 4.35. The van der Waals surface area contributed by atoms with E-state index in [-0.39, 0.29) is 28.7 Å². The first-order chi connectivity index (χ1) is 17.2. The zero-order valence-corrected chi connectivity index (χ0v) is 23.2. The Balaban J connectivity index is 0.000000670. The number of carbonyl (C=O) groups excluding carboxylic acids is 2. The number of hydrogen-bond acceptors (Lipinski definition) is 6. The highest BCUT2D eigenvalue weighted by molar-refractivity contribution is 7.89. The molecule has 0 radical (unpaired) electrons. The van der Waals surface area contributed by atoms with Crippen molar-refractivity contribution in [3.05, 3.63) is 88.9 Å². The van der Waals surface area contributed by atoms with Crippen molar-refractivity contribution in [2.45, 2.75) is 47.1 Å². The van der Waals surface area contributed by atoms with Crippen LogP contribution in [-0.4, -0.2) is 43.9 Å². The summed E-state index contributed by atoms with van der Waals surface area (Å²) in [6, 6.07) is 12.3. The Bertz CT molecular complexity index is 1210. The van der Waals surface area contributed by atoms with Crippen molar-refractivity contribution in [2.24, 2.45) is 4.99 Å². The number of rotatable bonds is 8. The van der Waals surface area contributed by atoms with Crippen LogP contribution in [0.2, 0.25) is 0 Å². The molecule has 1 amide bonds. The molecule has 0 bridgehead atoms. The number of halogens is 1. The second-order valence-electron chi connectivity index (χ2n) is 8.35. The van der Waals surface area contributed by atoms with Crippen molar-refractivity contribution in [1.82, 2.24) is 5.32 Å². The van der Waals surface area contributed by atoms with Crippen molar-refractivity contribution >= 4 is 27.7 Å². The van der Waals surface area contributed by atoms with Gasteiger partial charge in [0.15, 0.2) is 17.3 Å². The predicted molar refractivity (Wildman–Crippen MR) is 148 cm³/mol. The topological polar surface area (TPSA) is 113 Å². The van der Waals surface area contributed by atoms with Crippen molar-refractivity contribution in [3.63, 3.8) is 0 Å². The molecule has 0 aliphatic carbocycles. The lowest BCUT2D eigenvalue weighted by Gasteiger charge is -2.06. The largest absolute Gasteiger partial charge is 0.505 e. The molecule has 0 fully saturated rings. The number of aromatic hydroxyl groups is 1. The van der Waals surface area contributed by atoms with E-state index in [0.29, 0.717) is 6.54 Å². The van der Waals surface area contributed by atoms with Crippen LogP contribution >= 0.6 is 0 Å². The Morgan fingerprint density at radius 1 is 1.11 bits per heavy atom. The van der Waals surface area contributed by atoms with Gasteiger partial charge in [0.2, 0.25) is 0 Å². The third-order valence-corrected chi connectivity index (χ3v) is 4.35. The molecule has 2 rings (SSSR count). The minimum atomic E-state index is -2.67. The summed E-state index contributed by atoms with van der Waals surface area (Å²) in [7, 11) is -2.67. The van der Waals surface area contributed by atoms with E-state index in [4.69, 9.17) is 5.11 Å². The highest BCUT2D eigenvalue weighted by atomic mass is 32.2. The van der Waals surface area contributed by atoms with E-state index in [9.17, 15) is 22.4 Å². The Hall–Kier alpha value is -3.59. The molecule has 0 saturated heterocycles. The number of ketones is 1. The zero-order chi connectivity index (χ0) is 28.6. The van der Waals surface area contributed by atoms with E-state index in [0.717, 1.165) is 36.5 Å². The standard InChI is InChI=1S/C17H20N2O2.C9H11FO.C2H6O2S/c1-5-18-16(14(4)20)10-13(3)17(21)19-11-15-8-6-12(2)7-9-15;1-2-3-7-4-5-8(10)9(11)6-7;1-5(2,3)4/h5-10H,3,11H2,1-2,4H3,(H,19,21);4-6,11H,2-3H2,1H3;1-2H3/b16-10-,18-5?;;. The second-order valence-corrected chi connectivity index (χ2v) is 10.6. The first kappa shape index (κ1) is 33.4. The second kappa shape index (κ2) is 17.0. The predicted octanol–water partition coefficient (Wildman–Crippen LogP) is 4.88. The van der Waals surface area contributed by atoms with Gasteiger partial charge in [0.1, 0.15) is 15.5 Å². The molecule has 37 heavy (non-hydrogen) atoms. The number of allylic oxidation sites excluding steroid dienone is 1. The highest BCUT2D eigenvalue weighted by Gasteiger charge is 2.08.